The van der Waals surface area contributed by atoms with E-state index in [9.17, 15) is 13.2 Å². The maximum Gasteiger partial charge on any atom is 0.412 e. The SMILES string of the molecule is CCS(=O)(=O)N1CCC(NC(=O)Oc2ccccc2)CC1. The molecule has 1 aromatic carbocycles. The van der Waals surface area contributed by atoms with E-state index in [1.807, 2.05) is 6.07 Å². The molecule has 1 N–H and O–H groups in total. The van der Waals surface area contributed by atoms with Crippen LogP contribution in [0.25, 0.3) is 0 Å². The smallest absolute Gasteiger partial charge is 0.410 e. The van der Waals surface area contributed by atoms with Gasteiger partial charge in [0.25, 0.3) is 0 Å². The first-order valence-corrected chi connectivity index (χ1v) is 8.63. The summed E-state index contributed by atoms with van der Waals surface area (Å²) in [5, 5.41) is 2.77. The fourth-order valence-electron chi connectivity index (χ4n) is 2.25. The fraction of sp³-hybridized carbons (Fsp3) is 0.500. The number of sulfonamides is 1. The lowest BCUT2D eigenvalue weighted by Crippen LogP contribution is -2.47. The number of nitrogens with zero attached hydrogens (tertiary/aromatic N) is 1. The van der Waals surface area contributed by atoms with Crippen molar-refractivity contribution in [2.45, 2.75) is 25.8 Å². The molecule has 0 atom stereocenters. The van der Waals surface area contributed by atoms with Crippen LogP contribution in [0.15, 0.2) is 30.3 Å². The van der Waals surface area contributed by atoms with Crippen LogP contribution in [0.2, 0.25) is 0 Å². The van der Waals surface area contributed by atoms with Crippen molar-refractivity contribution in [1.82, 2.24) is 9.62 Å². The Morgan fingerprint density at radius 3 is 2.48 bits per heavy atom. The molecule has 1 heterocycles. The van der Waals surface area contributed by atoms with Crippen molar-refractivity contribution in [3.05, 3.63) is 30.3 Å². The number of benzene rings is 1. The zero-order chi connectivity index (χ0) is 15.3. The summed E-state index contributed by atoms with van der Waals surface area (Å²) in [5.41, 5.74) is 0. The molecule has 1 saturated heterocycles. The second kappa shape index (κ2) is 6.91. The Kier molecular flexibility index (Phi) is 5.19. The number of rotatable bonds is 4. The summed E-state index contributed by atoms with van der Waals surface area (Å²) in [4.78, 5) is 11.8. The quantitative estimate of drug-likeness (QED) is 0.916. The van der Waals surface area contributed by atoms with Crippen LogP contribution < -0.4 is 10.1 Å². The summed E-state index contributed by atoms with van der Waals surface area (Å²) < 4.78 is 30.1. The normalized spacial score (nSPS) is 17.4. The lowest BCUT2D eigenvalue weighted by atomic mass is 10.1. The third kappa shape index (κ3) is 4.44. The molecule has 7 heteroatoms. The van der Waals surface area contributed by atoms with Gasteiger partial charge in [0.1, 0.15) is 5.75 Å². The molecule has 1 aliphatic rings. The summed E-state index contributed by atoms with van der Waals surface area (Å²) in [6, 6.07) is 8.78. The summed E-state index contributed by atoms with van der Waals surface area (Å²) >= 11 is 0. The van der Waals surface area contributed by atoms with Crippen molar-refractivity contribution in [2.24, 2.45) is 0 Å². The molecule has 0 aliphatic carbocycles. The zero-order valence-electron chi connectivity index (χ0n) is 12.0. The van der Waals surface area contributed by atoms with Gasteiger partial charge in [0.15, 0.2) is 0 Å². The molecule has 21 heavy (non-hydrogen) atoms. The first-order valence-electron chi connectivity index (χ1n) is 7.02. The Morgan fingerprint density at radius 1 is 1.29 bits per heavy atom. The molecule has 0 spiro atoms. The van der Waals surface area contributed by atoms with Crippen molar-refractivity contribution in [3.8, 4) is 5.75 Å². The van der Waals surface area contributed by atoms with Gasteiger partial charge in [-0.1, -0.05) is 18.2 Å². The molecule has 0 aromatic heterocycles. The summed E-state index contributed by atoms with van der Waals surface area (Å²) in [7, 11) is -3.13. The minimum absolute atomic E-state index is 0.0514. The van der Waals surface area contributed by atoms with Crippen LogP contribution in [0.4, 0.5) is 4.79 Å². The zero-order valence-corrected chi connectivity index (χ0v) is 12.8. The van der Waals surface area contributed by atoms with Crippen LogP contribution in [0, 0.1) is 0 Å². The Hall–Kier alpha value is -1.60. The van der Waals surface area contributed by atoms with Gasteiger partial charge in [-0.05, 0) is 31.9 Å². The summed E-state index contributed by atoms with van der Waals surface area (Å²) in [6.45, 7) is 2.51. The number of amides is 1. The molecule has 1 aromatic rings. The van der Waals surface area contributed by atoms with Crippen LogP contribution >= 0.6 is 0 Å². The van der Waals surface area contributed by atoms with Crippen LogP contribution in [-0.4, -0.2) is 43.7 Å². The Balaban J connectivity index is 1.80. The van der Waals surface area contributed by atoms with Gasteiger partial charge in [0.2, 0.25) is 10.0 Å². The van der Waals surface area contributed by atoms with Gasteiger partial charge in [-0.3, -0.25) is 0 Å². The number of ether oxygens (including phenoxy) is 1. The predicted molar refractivity (Wildman–Crippen MR) is 79.7 cm³/mol. The average molecular weight is 312 g/mol. The second-order valence-corrected chi connectivity index (χ2v) is 7.18. The maximum atomic E-state index is 11.8. The highest BCUT2D eigenvalue weighted by Gasteiger charge is 2.27. The summed E-state index contributed by atoms with van der Waals surface area (Å²) in [5.74, 6) is 0.599. The van der Waals surface area contributed by atoms with Gasteiger partial charge in [0, 0.05) is 19.1 Å². The second-order valence-electron chi connectivity index (χ2n) is 4.92. The molecular formula is C14H20N2O4S. The van der Waals surface area contributed by atoms with E-state index in [1.54, 1.807) is 31.2 Å². The van der Waals surface area contributed by atoms with Crippen molar-refractivity contribution in [1.29, 1.82) is 0 Å². The monoisotopic (exact) mass is 312 g/mol. The third-order valence-corrected chi connectivity index (χ3v) is 5.37. The molecule has 1 amide bonds. The van der Waals surface area contributed by atoms with E-state index < -0.39 is 16.1 Å². The molecule has 116 valence electrons. The average Bonchev–Trinajstić information content (AvgIpc) is 2.48. The topological polar surface area (TPSA) is 75.7 Å². The van der Waals surface area contributed by atoms with Gasteiger partial charge in [0.05, 0.1) is 5.75 Å². The number of hydrogen-bond acceptors (Lipinski definition) is 4. The number of carbonyl (C=O) groups excluding carboxylic acids is 1. The number of hydrogen-bond donors (Lipinski definition) is 1. The van der Waals surface area contributed by atoms with E-state index in [0.717, 1.165) is 0 Å². The lowest BCUT2D eigenvalue weighted by molar-refractivity contribution is 0.189. The maximum absolute atomic E-state index is 11.8. The number of nitrogens with one attached hydrogen (secondary N) is 1. The molecule has 2 rings (SSSR count). The third-order valence-electron chi connectivity index (χ3n) is 3.49. The number of para-hydroxylation sites is 1. The molecule has 0 unspecified atom stereocenters. The van der Waals surface area contributed by atoms with Gasteiger partial charge in [-0.15, -0.1) is 0 Å². The first kappa shape index (κ1) is 15.8. The van der Waals surface area contributed by atoms with E-state index in [-0.39, 0.29) is 11.8 Å². The van der Waals surface area contributed by atoms with Gasteiger partial charge in [-0.2, -0.15) is 0 Å². The Labute approximate surface area is 125 Å². The van der Waals surface area contributed by atoms with Gasteiger partial charge >= 0.3 is 6.09 Å². The highest BCUT2D eigenvalue weighted by Crippen LogP contribution is 2.15. The fourth-order valence-corrected chi connectivity index (χ4v) is 3.38. The van der Waals surface area contributed by atoms with E-state index in [2.05, 4.69) is 5.32 Å². The van der Waals surface area contributed by atoms with Crippen molar-refractivity contribution >= 4 is 16.1 Å². The highest BCUT2D eigenvalue weighted by molar-refractivity contribution is 7.89. The summed E-state index contributed by atoms with van der Waals surface area (Å²) in [6.07, 6.45) is 0.699. The van der Waals surface area contributed by atoms with Crippen molar-refractivity contribution < 1.29 is 17.9 Å². The number of carbonyl (C=O) groups is 1. The lowest BCUT2D eigenvalue weighted by Gasteiger charge is -2.31. The minimum Gasteiger partial charge on any atom is -0.410 e. The van der Waals surface area contributed by atoms with Gasteiger partial charge < -0.3 is 10.1 Å². The van der Waals surface area contributed by atoms with E-state index in [1.165, 1.54) is 4.31 Å². The van der Waals surface area contributed by atoms with Gasteiger partial charge in [-0.25, -0.2) is 17.5 Å². The van der Waals surface area contributed by atoms with Crippen LogP contribution in [-0.2, 0) is 10.0 Å². The largest absolute Gasteiger partial charge is 0.412 e. The van der Waals surface area contributed by atoms with Crippen molar-refractivity contribution in [3.63, 3.8) is 0 Å². The standard InChI is InChI=1S/C14H20N2O4S/c1-2-21(18,19)16-10-8-12(9-11-16)15-14(17)20-13-6-4-3-5-7-13/h3-7,12H,2,8-11H2,1H3,(H,15,17). The van der Waals surface area contributed by atoms with Crippen molar-refractivity contribution in [2.75, 3.05) is 18.8 Å². The first-order chi connectivity index (χ1) is 10.0. The Bertz CT molecular complexity index is 566. The predicted octanol–water partition coefficient (Wildman–Crippen LogP) is 1.59. The molecule has 6 nitrogen and oxygen atoms in total. The molecule has 1 fully saturated rings. The van der Waals surface area contributed by atoms with E-state index in [0.29, 0.717) is 31.7 Å². The Morgan fingerprint density at radius 2 is 1.90 bits per heavy atom. The molecule has 0 radical (unpaired) electrons. The van der Waals surface area contributed by atoms with Crippen LogP contribution in [0.3, 0.4) is 0 Å². The van der Waals surface area contributed by atoms with E-state index in [4.69, 9.17) is 4.74 Å². The molecule has 0 bridgehead atoms. The van der Waals surface area contributed by atoms with Crippen LogP contribution in [0.1, 0.15) is 19.8 Å². The highest BCUT2D eigenvalue weighted by atomic mass is 32.2. The molecule has 1 aliphatic heterocycles. The van der Waals surface area contributed by atoms with Crippen LogP contribution in [0.5, 0.6) is 5.75 Å². The number of piperidine rings is 1. The van der Waals surface area contributed by atoms with E-state index >= 15 is 0 Å². The molecular weight excluding hydrogens is 292 g/mol. The minimum atomic E-state index is -3.13. The molecule has 0 saturated carbocycles.